The lowest BCUT2D eigenvalue weighted by molar-refractivity contribution is 0.480. The summed E-state index contributed by atoms with van der Waals surface area (Å²) in [5, 5.41) is 11.9. The second kappa shape index (κ2) is 4.23. The largest absolute Gasteiger partial charge is 0.506 e. The summed E-state index contributed by atoms with van der Waals surface area (Å²) in [5.41, 5.74) is 2.49. The molecule has 0 bridgehead atoms. The van der Waals surface area contributed by atoms with Crippen molar-refractivity contribution in [2.24, 2.45) is 0 Å². The summed E-state index contributed by atoms with van der Waals surface area (Å²) in [4.78, 5) is 3.01. The molecule has 18 heavy (non-hydrogen) atoms. The molecule has 0 aliphatic rings. The van der Waals surface area contributed by atoms with E-state index in [0.29, 0.717) is 15.6 Å². The first-order chi connectivity index (χ1) is 8.66. The number of halogens is 2. The Morgan fingerprint density at radius 3 is 2.61 bits per heavy atom. The first kappa shape index (κ1) is 11.5. The van der Waals surface area contributed by atoms with Gasteiger partial charge in [-0.3, -0.25) is 0 Å². The minimum Gasteiger partial charge on any atom is -0.506 e. The summed E-state index contributed by atoms with van der Waals surface area (Å²) >= 11 is 12.2. The summed E-state index contributed by atoms with van der Waals surface area (Å²) in [5.74, 6) is 0.219. The third-order valence-corrected chi connectivity index (χ3v) is 3.48. The van der Waals surface area contributed by atoms with Crippen LogP contribution in [0.5, 0.6) is 5.75 Å². The van der Waals surface area contributed by atoms with Crippen molar-refractivity contribution >= 4 is 34.1 Å². The van der Waals surface area contributed by atoms with Gasteiger partial charge in [0, 0.05) is 27.2 Å². The van der Waals surface area contributed by atoms with Crippen LogP contribution in [0, 0.1) is 0 Å². The van der Waals surface area contributed by atoms with Gasteiger partial charge in [0.15, 0.2) is 0 Å². The number of benzene rings is 2. The fraction of sp³-hybridized carbons (Fsp3) is 0. The van der Waals surface area contributed by atoms with Crippen LogP contribution in [0.25, 0.3) is 22.0 Å². The van der Waals surface area contributed by atoms with Crippen molar-refractivity contribution in [2.45, 2.75) is 0 Å². The molecule has 2 aromatic carbocycles. The molecule has 0 aliphatic carbocycles. The number of fused-ring (bicyclic) bond motifs is 1. The summed E-state index contributed by atoms with van der Waals surface area (Å²) < 4.78 is 0. The number of aromatic nitrogens is 1. The van der Waals surface area contributed by atoms with Gasteiger partial charge in [0.1, 0.15) is 5.75 Å². The molecule has 0 unspecified atom stereocenters. The number of aromatic amines is 1. The highest BCUT2D eigenvalue weighted by Gasteiger charge is 2.11. The van der Waals surface area contributed by atoms with Gasteiger partial charge in [-0.05, 0) is 42.0 Å². The normalized spacial score (nSPS) is 11.0. The van der Waals surface area contributed by atoms with Crippen molar-refractivity contribution in [1.29, 1.82) is 0 Å². The van der Waals surface area contributed by atoms with Crippen LogP contribution < -0.4 is 0 Å². The minimum atomic E-state index is 0.219. The van der Waals surface area contributed by atoms with E-state index in [2.05, 4.69) is 4.98 Å². The minimum absolute atomic E-state index is 0.219. The molecule has 2 N–H and O–H groups in total. The van der Waals surface area contributed by atoms with Crippen molar-refractivity contribution in [3.05, 3.63) is 52.6 Å². The van der Waals surface area contributed by atoms with E-state index in [1.54, 1.807) is 24.4 Å². The molecular weight excluding hydrogens is 269 g/mol. The predicted octanol–water partition coefficient (Wildman–Crippen LogP) is 4.85. The van der Waals surface area contributed by atoms with Gasteiger partial charge in [0.05, 0.1) is 5.52 Å². The van der Waals surface area contributed by atoms with E-state index in [0.717, 1.165) is 16.5 Å². The number of phenols is 1. The predicted molar refractivity (Wildman–Crippen MR) is 75.4 cm³/mol. The zero-order valence-corrected chi connectivity index (χ0v) is 10.8. The number of phenolic OH excluding ortho intramolecular Hbond substituents is 1. The Labute approximate surface area is 114 Å². The van der Waals surface area contributed by atoms with Crippen LogP contribution in [-0.2, 0) is 0 Å². The molecular formula is C14H9Cl2NO. The number of rotatable bonds is 1. The van der Waals surface area contributed by atoms with E-state index in [-0.39, 0.29) is 5.75 Å². The van der Waals surface area contributed by atoms with Crippen LogP contribution in [-0.4, -0.2) is 10.1 Å². The van der Waals surface area contributed by atoms with E-state index < -0.39 is 0 Å². The average Bonchev–Trinajstić information content (AvgIpc) is 2.83. The molecule has 1 aromatic heterocycles. The van der Waals surface area contributed by atoms with E-state index in [9.17, 15) is 5.11 Å². The van der Waals surface area contributed by atoms with Gasteiger partial charge in [-0.15, -0.1) is 0 Å². The van der Waals surface area contributed by atoms with Gasteiger partial charge in [0.25, 0.3) is 0 Å². The van der Waals surface area contributed by atoms with Crippen LogP contribution in [0.3, 0.4) is 0 Å². The molecule has 0 aliphatic heterocycles. The zero-order chi connectivity index (χ0) is 12.7. The maximum Gasteiger partial charge on any atom is 0.139 e. The molecule has 3 aromatic rings. The summed E-state index contributed by atoms with van der Waals surface area (Å²) in [6.45, 7) is 0. The van der Waals surface area contributed by atoms with E-state index in [1.807, 2.05) is 18.2 Å². The SMILES string of the molecule is Oc1ccc(-c2cc(Cl)ccc2Cl)c2cc[nH]c12. The summed E-state index contributed by atoms with van der Waals surface area (Å²) in [6, 6.07) is 10.7. The molecule has 0 fully saturated rings. The van der Waals surface area contributed by atoms with Crippen LogP contribution in [0.15, 0.2) is 42.6 Å². The Bertz CT molecular complexity index is 734. The second-order valence-corrected chi connectivity index (χ2v) is 4.87. The fourth-order valence-electron chi connectivity index (χ4n) is 2.08. The molecule has 90 valence electrons. The Morgan fingerprint density at radius 1 is 0.944 bits per heavy atom. The fourth-order valence-corrected chi connectivity index (χ4v) is 2.47. The molecule has 1 heterocycles. The molecule has 0 saturated heterocycles. The zero-order valence-electron chi connectivity index (χ0n) is 9.24. The third kappa shape index (κ3) is 1.74. The van der Waals surface area contributed by atoms with Crippen LogP contribution in [0.4, 0.5) is 0 Å². The lowest BCUT2D eigenvalue weighted by Crippen LogP contribution is -1.82. The topological polar surface area (TPSA) is 36.0 Å². The highest BCUT2D eigenvalue weighted by Crippen LogP contribution is 2.37. The van der Waals surface area contributed by atoms with Gasteiger partial charge in [-0.1, -0.05) is 23.2 Å². The quantitative estimate of drug-likeness (QED) is 0.656. The van der Waals surface area contributed by atoms with Crippen molar-refractivity contribution in [2.75, 3.05) is 0 Å². The van der Waals surface area contributed by atoms with E-state index in [4.69, 9.17) is 23.2 Å². The molecule has 0 amide bonds. The Hall–Kier alpha value is -1.64. The van der Waals surface area contributed by atoms with Gasteiger partial charge in [-0.25, -0.2) is 0 Å². The average molecular weight is 278 g/mol. The van der Waals surface area contributed by atoms with Crippen molar-refractivity contribution in [3.63, 3.8) is 0 Å². The number of nitrogens with one attached hydrogen (secondary N) is 1. The van der Waals surface area contributed by atoms with Crippen molar-refractivity contribution in [1.82, 2.24) is 4.98 Å². The van der Waals surface area contributed by atoms with Gasteiger partial charge in [0.2, 0.25) is 0 Å². The van der Waals surface area contributed by atoms with Gasteiger partial charge < -0.3 is 10.1 Å². The standard InChI is InChI=1S/C14H9Cl2NO/c15-8-1-3-12(16)11(7-8)9-2-4-13(18)14-10(9)5-6-17-14/h1-7,17-18H. The molecule has 4 heteroatoms. The van der Waals surface area contributed by atoms with Crippen molar-refractivity contribution < 1.29 is 5.11 Å². The van der Waals surface area contributed by atoms with Gasteiger partial charge >= 0.3 is 0 Å². The monoisotopic (exact) mass is 277 g/mol. The number of hydrogen-bond acceptors (Lipinski definition) is 1. The number of hydrogen-bond donors (Lipinski definition) is 2. The first-order valence-electron chi connectivity index (χ1n) is 5.41. The highest BCUT2D eigenvalue weighted by atomic mass is 35.5. The molecule has 0 radical (unpaired) electrons. The molecule has 0 atom stereocenters. The van der Waals surface area contributed by atoms with Crippen molar-refractivity contribution in [3.8, 4) is 16.9 Å². The number of H-pyrrole nitrogens is 1. The maximum atomic E-state index is 9.77. The van der Waals surface area contributed by atoms with Crippen LogP contribution >= 0.6 is 23.2 Å². The molecule has 0 saturated carbocycles. The van der Waals surface area contributed by atoms with E-state index in [1.165, 1.54) is 0 Å². The van der Waals surface area contributed by atoms with E-state index >= 15 is 0 Å². The maximum absolute atomic E-state index is 9.77. The molecule has 0 spiro atoms. The second-order valence-electron chi connectivity index (χ2n) is 4.02. The molecule has 3 rings (SSSR count). The Balaban J connectivity index is 2.35. The number of aromatic hydroxyl groups is 1. The summed E-state index contributed by atoms with van der Waals surface area (Å²) in [7, 11) is 0. The third-order valence-electron chi connectivity index (χ3n) is 2.92. The summed E-state index contributed by atoms with van der Waals surface area (Å²) in [6.07, 6.45) is 1.78. The Morgan fingerprint density at radius 2 is 1.78 bits per heavy atom. The smallest absolute Gasteiger partial charge is 0.139 e. The first-order valence-corrected chi connectivity index (χ1v) is 6.17. The lowest BCUT2D eigenvalue weighted by Gasteiger charge is -2.08. The lowest BCUT2D eigenvalue weighted by atomic mass is 10.0. The van der Waals surface area contributed by atoms with Gasteiger partial charge in [-0.2, -0.15) is 0 Å². The highest BCUT2D eigenvalue weighted by molar-refractivity contribution is 6.35. The molecule has 2 nitrogen and oxygen atoms in total. The Kier molecular flexibility index (Phi) is 2.69. The van der Waals surface area contributed by atoms with Crippen LogP contribution in [0.1, 0.15) is 0 Å². The van der Waals surface area contributed by atoms with Crippen LogP contribution in [0.2, 0.25) is 10.0 Å².